The second-order valence-corrected chi connectivity index (χ2v) is 6.31. The fourth-order valence-electron chi connectivity index (χ4n) is 2.10. The number of carboxylic acid groups (broad SMARTS) is 1. The average molecular weight is 338 g/mol. The van der Waals surface area contributed by atoms with E-state index >= 15 is 0 Å². The average Bonchev–Trinajstić information content (AvgIpc) is 2.93. The Balaban J connectivity index is 2.03. The van der Waals surface area contributed by atoms with Crippen LogP contribution in [0.2, 0.25) is 5.02 Å². The first-order valence-corrected chi connectivity index (χ1v) is 8.20. The van der Waals surface area contributed by atoms with Gasteiger partial charge in [-0.1, -0.05) is 30.7 Å². The fourth-order valence-corrected chi connectivity index (χ4v) is 3.10. The molecule has 1 unspecified atom stereocenters. The molecule has 0 saturated heterocycles. The minimum atomic E-state index is -0.922. The van der Waals surface area contributed by atoms with Gasteiger partial charge in [0, 0.05) is 28.8 Å². The maximum atomic E-state index is 12.0. The van der Waals surface area contributed by atoms with E-state index in [-0.39, 0.29) is 18.6 Å². The van der Waals surface area contributed by atoms with Crippen LogP contribution in [-0.2, 0) is 16.0 Å². The monoisotopic (exact) mass is 337 g/mol. The van der Waals surface area contributed by atoms with E-state index in [2.05, 4.69) is 4.98 Å². The Morgan fingerprint density at radius 3 is 2.82 bits per heavy atom. The van der Waals surface area contributed by atoms with E-state index in [4.69, 9.17) is 16.7 Å². The molecule has 0 amide bonds. The van der Waals surface area contributed by atoms with Crippen LogP contribution in [0.4, 0.5) is 0 Å². The highest BCUT2D eigenvalue weighted by Crippen LogP contribution is 2.26. The summed E-state index contributed by atoms with van der Waals surface area (Å²) in [6, 6.07) is 7.37. The third-order valence-corrected chi connectivity index (χ3v) is 4.49. The molecule has 6 heteroatoms. The van der Waals surface area contributed by atoms with Crippen molar-refractivity contribution in [3.8, 4) is 10.6 Å². The third-order valence-electron chi connectivity index (χ3n) is 3.32. The van der Waals surface area contributed by atoms with E-state index in [9.17, 15) is 9.59 Å². The van der Waals surface area contributed by atoms with Gasteiger partial charge in [0.1, 0.15) is 10.8 Å². The highest BCUT2D eigenvalue weighted by molar-refractivity contribution is 7.13. The lowest BCUT2D eigenvalue weighted by Gasteiger charge is -2.07. The van der Waals surface area contributed by atoms with Crippen LogP contribution < -0.4 is 0 Å². The largest absolute Gasteiger partial charge is 0.481 e. The van der Waals surface area contributed by atoms with E-state index in [0.717, 1.165) is 10.6 Å². The number of carbonyl (C=O) groups excluding carboxylic acids is 1. The first kappa shape index (κ1) is 16.6. The molecule has 0 aliphatic rings. The number of Topliss-reactive ketones (excluding diaryl/α,β-unsaturated/α-hetero) is 1. The van der Waals surface area contributed by atoms with Crippen LogP contribution in [0, 0.1) is 5.92 Å². The fraction of sp³-hybridized carbons (Fsp3) is 0.312. The number of carboxylic acids is 1. The van der Waals surface area contributed by atoms with Crippen molar-refractivity contribution in [3.63, 3.8) is 0 Å². The number of benzene rings is 1. The van der Waals surface area contributed by atoms with Crippen LogP contribution in [0.5, 0.6) is 0 Å². The first-order chi connectivity index (χ1) is 10.5. The quantitative estimate of drug-likeness (QED) is 0.826. The van der Waals surface area contributed by atoms with Gasteiger partial charge in [-0.3, -0.25) is 9.59 Å². The van der Waals surface area contributed by atoms with Gasteiger partial charge in [0.05, 0.1) is 11.6 Å². The predicted molar refractivity (Wildman–Crippen MR) is 87.3 cm³/mol. The van der Waals surface area contributed by atoms with Crippen molar-refractivity contribution in [3.05, 3.63) is 40.4 Å². The molecule has 22 heavy (non-hydrogen) atoms. The maximum Gasteiger partial charge on any atom is 0.306 e. The van der Waals surface area contributed by atoms with Crippen molar-refractivity contribution in [2.75, 3.05) is 0 Å². The Morgan fingerprint density at radius 1 is 1.41 bits per heavy atom. The molecule has 2 aromatic rings. The summed E-state index contributed by atoms with van der Waals surface area (Å²) in [5.74, 6) is -1.63. The van der Waals surface area contributed by atoms with Crippen LogP contribution in [0.25, 0.3) is 10.6 Å². The van der Waals surface area contributed by atoms with Crippen LogP contribution >= 0.6 is 22.9 Å². The molecule has 0 bridgehead atoms. The van der Waals surface area contributed by atoms with Crippen molar-refractivity contribution < 1.29 is 14.7 Å². The number of halogens is 1. The van der Waals surface area contributed by atoms with Gasteiger partial charge >= 0.3 is 5.97 Å². The van der Waals surface area contributed by atoms with E-state index in [0.29, 0.717) is 17.1 Å². The summed E-state index contributed by atoms with van der Waals surface area (Å²) in [6.45, 7) is 1.77. The Morgan fingerprint density at radius 2 is 2.18 bits per heavy atom. The normalized spacial score (nSPS) is 12.1. The number of carbonyl (C=O) groups is 2. The molecule has 0 aliphatic heterocycles. The summed E-state index contributed by atoms with van der Waals surface area (Å²) in [5.41, 5.74) is 1.58. The van der Waals surface area contributed by atoms with Crippen molar-refractivity contribution in [2.24, 2.45) is 5.92 Å². The van der Waals surface area contributed by atoms with Crippen molar-refractivity contribution >= 4 is 34.7 Å². The summed E-state index contributed by atoms with van der Waals surface area (Å²) in [5, 5.41) is 12.3. The Labute approximate surface area is 137 Å². The van der Waals surface area contributed by atoms with Crippen molar-refractivity contribution in [1.82, 2.24) is 4.98 Å². The molecule has 4 nitrogen and oxygen atoms in total. The lowest BCUT2D eigenvalue weighted by Crippen LogP contribution is -2.18. The summed E-state index contributed by atoms with van der Waals surface area (Å²) in [6.07, 6.45) is 0.669. The topological polar surface area (TPSA) is 67.3 Å². The number of hydrogen-bond donors (Lipinski definition) is 1. The number of thiazole rings is 1. The van der Waals surface area contributed by atoms with E-state index in [1.54, 1.807) is 13.0 Å². The molecule has 1 atom stereocenters. The second-order valence-electron chi connectivity index (χ2n) is 5.02. The number of aromatic nitrogens is 1. The van der Waals surface area contributed by atoms with Gasteiger partial charge in [-0.25, -0.2) is 4.98 Å². The minimum Gasteiger partial charge on any atom is -0.481 e. The Bertz CT molecular complexity index is 684. The lowest BCUT2D eigenvalue weighted by atomic mass is 9.98. The molecular weight excluding hydrogens is 322 g/mol. The molecule has 1 aromatic carbocycles. The smallest absolute Gasteiger partial charge is 0.306 e. The summed E-state index contributed by atoms with van der Waals surface area (Å²) < 4.78 is 0. The van der Waals surface area contributed by atoms with Gasteiger partial charge in [0.15, 0.2) is 0 Å². The number of hydrogen-bond acceptors (Lipinski definition) is 4. The molecule has 1 N–H and O–H groups in total. The number of nitrogens with zero attached hydrogens (tertiary/aromatic N) is 1. The van der Waals surface area contributed by atoms with Gasteiger partial charge in [0.2, 0.25) is 0 Å². The van der Waals surface area contributed by atoms with Crippen LogP contribution in [-0.4, -0.2) is 21.8 Å². The number of rotatable bonds is 7. The van der Waals surface area contributed by atoms with Gasteiger partial charge in [-0.05, 0) is 18.6 Å². The van der Waals surface area contributed by atoms with Crippen LogP contribution in [0.15, 0.2) is 29.6 Å². The van der Waals surface area contributed by atoms with Crippen molar-refractivity contribution in [1.29, 1.82) is 0 Å². The van der Waals surface area contributed by atoms with Crippen LogP contribution in [0.3, 0.4) is 0 Å². The van der Waals surface area contributed by atoms with Gasteiger partial charge in [-0.15, -0.1) is 11.3 Å². The molecule has 0 aliphatic carbocycles. The predicted octanol–water partition coefficient (Wildman–Crippen LogP) is 4.08. The molecule has 1 aromatic heterocycles. The third kappa shape index (κ3) is 4.39. The number of ketones is 1. The van der Waals surface area contributed by atoms with E-state index < -0.39 is 11.9 Å². The highest BCUT2D eigenvalue weighted by Gasteiger charge is 2.20. The standard InChI is InChI=1S/C16H16ClNO3S/c1-2-10(16(20)21)7-14(19)8-13-9-22-15(18-13)11-4-3-5-12(17)6-11/h3-6,9-10H,2,7-8H2,1H3,(H,20,21). The molecule has 0 saturated carbocycles. The Kier molecular flexibility index (Phi) is 5.69. The van der Waals surface area contributed by atoms with Gasteiger partial charge < -0.3 is 5.11 Å². The van der Waals surface area contributed by atoms with Crippen LogP contribution in [0.1, 0.15) is 25.5 Å². The van der Waals surface area contributed by atoms with Crippen molar-refractivity contribution in [2.45, 2.75) is 26.2 Å². The number of aliphatic carboxylic acids is 1. The van der Waals surface area contributed by atoms with E-state index in [1.807, 2.05) is 23.6 Å². The maximum absolute atomic E-state index is 12.0. The molecule has 0 radical (unpaired) electrons. The molecule has 2 rings (SSSR count). The summed E-state index contributed by atoms with van der Waals surface area (Å²) >= 11 is 7.40. The lowest BCUT2D eigenvalue weighted by molar-refractivity contribution is -0.143. The minimum absolute atomic E-state index is 0.0514. The molecule has 0 fully saturated rings. The molecule has 0 spiro atoms. The Hall–Kier alpha value is -1.72. The highest BCUT2D eigenvalue weighted by atomic mass is 35.5. The second kappa shape index (κ2) is 7.51. The first-order valence-electron chi connectivity index (χ1n) is 6.94. The molecular formula is C16H16ClNO3S. The SMILES string of the molecule is CCC(CC(=O)Cc1csc(-c2cccc(Cl)c2)n1)C(=O)O. The summed E-state index contributed by atoms with van der Waals surface area (Å²) in [7, 11) is 0. The molecule has 116 valence electrons. The van der Waals surface area contributed by atoms with Gasteiger partial charge in [-0.2, -0.15) is 0 Å². The zero-order chi connectivity index (χ0) is 16.1. The molecule has 1 heterocycles. The zero-order valence-corrected chi connectivity index (χ0v) is 13.7. The summed E-state index contributed by atoms with van der Waals surface area (Å²) in [4.78, 5) is 27.4. The van der Waals surface area contributed by atoms with Gasteiger partial charge in [0.25, 0.3) is 0 Å². The van der Waals surface area contributed by atoms with E-state index in [1.165, 1.54) is 11.3 Å². The zero-order valence-electron chi connectivity index (χ0n) is 12.1.